The fraction of sp³-hybridized carbons (Fsp3) is 0.227. The molecule has 3 heterocycles. The van der Waals surface area contributed by atoms with Gasteiger partial charge in [-0.25, -0.2) is 0 Å². The molecule has 0 bridgehead atoms. The van der Waals surface area contributed by atoms with Gasteiger partial charge in [-0.05, 0) is 61.8 Å². The fourth-order valence-corrected chi connectivity index (χ4v) is 4.30. The minimum Gasteiger partial charge on any atom is -0.433 e. The third-order valence-electron chi connectivity index (χ3n) is 5.55. The third-order valence-corrected chi connectivity index (χ3v) is 5.55. The minimum atomic E-state index is -2.21. The number of aromatic nitrogens is 1. The molecule has 0 fully saturated rings. The molecule has 0 spiro atoms. The number of fused-ring (bicyclic) bond motifs is 2. The monoisotopic (exact) mass is 361 g/mol. The van der Waals surface area contributed by atoms with Gasteiger partial charge in [0.25, 0.3) is 0 Å². The molecule has 27 heavy (non-hydrogen) atoms. The number of hydrogen-bond acceptors (Lipinski definition) is 1. The molecule has 4 rings (SSSR count). The Balaban J connectivity index is 1.84. The average molecular weight is 361 g/mol. The minimum absolute atomic E-state index is 0.548. The number of benzene rings is 1. The van der Waals surface area contributed by atoms with E-state index in [0.717, 1.165) is 41.1 Å². The van der Waals surface area contributed by atoms with Crippen LogP contribution in [0, 0.1) is 0 Å². The van der Waals surface area contributed by atoms with Gasteiger partial charge in [-0.1, -0.05) is 31.2 Å². The molecular formula is C22H25BFN3. The zero-order valence-electron chi connectivity index (χ0n) is 16.0. The predicted molar refractivity (Wildman–Crippen MR) is 113 cm³/mol. The number of halogens is 1. The SMILES string of the molecule is CCc1ccccc1/C=C/C1=[N+]2[BH-](F)n3cccc3C(CCN)=C2C(C)=C1. The van der Waals surface area contributed by atoms with Crippen LogP contribution in [0.25, 0.3) is 11.6 Å². The number of nitrogens with two attached hydrogens (primary N) is 1. The Hall–Kier alpha value is -2.66. The van der Waals surface area contributed by atoms with E-state index >= 15 is 4.32 Å². The highest BCUT2D eigenvalue weighted by Crippen LogP contribution is 2.36. The molecule has 0 aliphatic carbocycles. The molecule has 2 aliphatic heterocycles. The largest absolute Gasteiger partial charge is 0.536 e. The lowest BCUT2D eigenvalue weighted by molar-refractivity contribution is -0.335. The molecule has 0 radical (unpaired) electrons. The number of rotatable bonds is 5. The van der Waals surface area contributed by atoms with Crippen molar-refractivity contribution in [3.63, 3.8) is 0 Å². The van der Waals surface area contributed by atoms with Gasteiger partial charge in [0.1, 0.15) is 0 Å². The average Bonchev–Trinajstić information content (AvgIpc) is 3.29. The summed E-state index contributed by atoms with van der Waals surface area (Å²) in [6.45, 7) is 4.76. The van der Waals surface area contributed by atoms with E-state index in [4.69, 9.17) is 5.73 Å². The molecule has 138 valence electrons. The molecule has 2 aromatic rings. The molecule has 0 amide bonds. The summed E-state index contributed by atoms with van der Waals surface area (Å²) >= 11 is 0. The van der Waals surface area contributed by atoms with Gasteiger partial charge in [-0.15, -0.1) is 0 Å². The van der Waals surface area contributed by atoms with Crippen molar-refractivity contribution in [2.45, 2.75) is 26.7 Å². The molecule has 2 N–H and O–H groups in total. The third kappa shape index (κ3) is 2.92. The van der Waals surface area contributed by atoms with E-state index in [9.17, 15) is 0 Å². The highest BCUT2D eigenvalue weighted by molar-refractivity contribution is 6.43. The standard InChI is InChI=1S/C22H25BFN3/c1-3-17-7-4-5-8-18(17)10-11-19-15-16(2)22-20(12-13-25)21-9-6-14-26(21)23(24)27(19)22/h4-11,14-15,23H,3,12-13,25H2,1-2H3/b11-10+. The second-order valence-corrected chi connectivity index (χ2v) is 7.18. The summed E-state index contributed by atoms with van der Waals surface area (Å²) in [7, 11) is -2.21. The van der Waals surface area contributed by atoms with Crippen LogP contribution in [0.3, 0.4) is 0 Å². The highest BCUT2D eigenvalue weighted by atomic mass is 19.1. The molecule has 1 aromatic carbocycles. The fourth-order valence-electron chi connectivity index (χ4n) is 4.30. The van der Waals surface area contributed by atoms with Crippen molar-refractivity contribution in [1.82, 2.24) is 4.48 Å². The van der Waals surface area contributed by atoms with Gasteiger partial charge in [0.2, 0.25) is 0 Å². The Morgan fingerprint density at radius 1 is 1.19 bits per heavy atom. The van der Waals surface area contributed by atoms with E-state index in [2.05, 4.69) is 44.2 Å². The van der Waals surface area contributed by atoms with Gasteiger partial charge >= 0.3 is 7.26 Å². The Morgan fingerprint density at radius 2 is 2.00 bits per heavy atom. The van der Waals surface area contributed by atoms with Gasteiger partial charge in [-0.2, -0.15) is 0 Å². The Labute approximate surface area is 160 Å². The van der Waals surface area contributed by atoms with E-state index in [1.54, 1.807) is 4.48 Å². The van der Waals surface area contributed by atoms with E-state index < -0.39 is 7.26 Å². The van der Waals surface area contributed by atoms with Crippen molar-refractivity contribution in [2.75, 3.05) is 6.54 Å². The molecule has 1 atom stereocenters. The van der Waals surface area contributed by atoms with Gasteiger partial charge in [0.05, 0.1) is 0 Å². The number of aryl methyl sites for hydroxylation is 1. The number of nitrogens with zero attached hydrogens (tertiary/aromatic N) is 2. The topological polar surface area (TPSA) is 34.0 Å². The summed E-state index contributed by atoms with van der Waals surface area (Å²) in [5.41, 5.74) is 13.4. The zero-order chi connectivity index (χ0) is 19.0. The van der Waals surface area contributed by atoms with E-state index in [-0.39, 0.29) is 0 Å². The van der Waals surface area contributed by atoms with Crippen molar-refractivity contribution in [3.8, 4) is 0 Å². The maximum absolute atomic E-state index is 15.5. The van der Waals surface area contributed by atoms with Crippen LogP contribution >= 0.6 is 0 Å². The maximum Gasteiger partial charge on any atom is 0.536 e. The molecule has 0 saturated carbocycles. The second-order valence-electron chi connectivity index (χ2n) is 7.18. The summed E-state index contributed by atoms with van der Waals surface area (Å²) in [6, 6.07) is 12.3. The Bertz CT molecular complexity index is 1010. The first kappa shape index (κ1) is 17.7. The summed E-state index contributed by atoms with van der Waals surface area (Å²) < 4.78 is 19.1. The lowest BCUT2D eigenvalue weighted by Gasteiger charge is -2.29. The first-order chi connectivity index (χ1) is 13.2. The van der Waals surface area contributed by atoms with E-state index in [0.29, 0.717) is 6.54 Å². The Kier molecular flexibility index (Phi) is 4.71. The lowest BCUT2D eigenvalue weighted by Crippen LogP contribution is -2.40. The van der Waals surface area contributed by atoms with E-state index in [1.165, 1.54) is 11.1 Å². The van der Waals surface area contributed by atoms with E-state index in [1.807, 2.05) is 35.0 Å². The zero-order valence-corrected chi connectivity index (χ0v) is 16.0. The van der Waals surface area contributed by atoms with Crippen LogP contribution in [0.2, 0.25) is 0 Å². The molecule has 2 aliphatic rings. The quantitative estimate of drug-likeness (QED) is 0.808. The van der Waals surface area contributed by atoms with Gasteiger partial charge in [0.15, 0.2) is 11.4 Å². The molecule has 3 nitrogen and oxygen atoms in total. The van der Waals surface area contributed by atoms with Crippen molar-refractivity contribution in [3.05, 3.63) is 82.8 Å². The molecule has 0 saturated heterocycles. The van der Waals surface area contributed by atoms with Crippen molar-refractivity contribution < 1.29 is 8.80 Å². The summed E-state index contributed by atoms with van der Waals surface area (Å²) in [5, 5.41) is 0. The summed E-state index contributed by atoms with van der Waals surface area (Å²) in [6.07, 6.45) is 9.78. The van der Waals surface area contributed by atoms with Crippen LogP contribution in [-0.2, 0) is 6.42 Å². The van der Waals surface area contributed by atoms with Crippen LogP contribution in [-0.4, -0.2) is 28.5 Å². The van der Waals surface area contributed by atoms with Crippen LogP contribution in [0.1, 0.15) is 37.1 Å². The molecule has 1 aromatic heterocycles. The second kappa shape index (κ2) is 7.16. The van der Waals surface area contributed by atoms with Gasteiger partial charge < -0.3 is 19.0 Å². The lowest BCUT2D eigenvalue weighted by atomic mass is 9.90. The van der Waals surface area contributed by atoms with Gasteiger partial charge in [0, 0.05) is 29.0 Å². The van der Waals surface area contributed by atoms with Crippen LogP contribution < -0.4 is 5.73 Å². The predicted octanol–water partition coefficient (Wildman–Crippen LogP) is 3.79. The first-order valence-corrected chi connectivity index (χ1v) is 9.67. The first-order valence-electron chi connectivity index (χ1n) is 9.67. The molecular weight excluding hydrogens is 336 g/mol. The smallest absolute Gasteiger partial charge is 0.433 e. The summed E-state index contributed by atoms with van der Waals surface area (Å²) in [5.74, 6) is 0. The Morgan fingerprint density at radius 3 is 2.78 bits per heavy atom. The normalized spacial score (nSPS) is 19.0. The molecule has 5 heteroatoms. The van der Waals surface area contributed by atoms with Crippen LogP contribution in [0.5, 0.6) is 0 Å². The van der Waals surface area contributed by atoms with Crippen LogP contribution in [0.4, 0.5) is 4.32 Å². The van der Waals surface area contributed by atoms with Crippen LogP contribution in [0.15, 0.2) is 66.0 Å². The van der Waals surface area contributed by atoms with Crippen molar-refractivity contribution in [1.29, 1.82) is 0 Å². The van der Waals surface area contributed by atoms with Crippen molar-refractivity contribution in [2.24, 2.45) is 5.73 Å². The number of hydrogen-bond donors (Lipinski definition) is 1. The highest BCUT2D eigenvalue weighted by Gasteiger charge is 2.37. The number of allylic oxidation sites excluding steroid dienone is 3. The van der Waals surface area contributed by atoms with Crippen molar-refractivity contribution >= 4 is 24.6 Å². The maximum atomic E-state index is 15.5. The molecule has 1 unspecified atom stereocenters. The van der Waals surface area contributed by atoms with Gasteiger partial charge in [-0.3, -0.25) is 0 Å². The summed E-state index contributed by atoms with van der Waals surface area (Å²) in [4.78, 5) is 0.